The standard InChI is InChI=1S/C12H13N3O2/c1-9-2-4-10(5-3-9)6-14-15-8-11(16)13-7-12(15)17/h2-6H,7-8H2,1H3,(H,13,16). The quantitative estimate of drug-likeness (QED) is 0.743. The first-order valence-corrected chi connectivity index (χ1v) is 5.33. The van der Waals surface area contributed by atoms with Crippen LogP contribution in [0.5, 0.6) is 0 Å². The molecule has 0 atom stereocenters. The number of carbonyl (C=O) groups is 2. The van der Waals surface area contributed by atoms with Crippen LogP contribution in [0.4, 0.5) is 0 Å². The highest BCUT2D eigenvalue weighted by atomic mass is 16.2. The van der Waals surface area contributed by atoms with E-state index in [2.05, 4.69) is 10.4 Å². The molecule has 5 nitrogen and oxygen atoms in total. The molecular weight excluding hydrogens is 218 g/mol. The van der Waals surface area contributed by atoms with E-state index < -0.39 is 0 Å². The van der Waals surface area contributed by atoms with Gasteiger partial charge in [-0.2, -0.15) is 5.10 Å². The Bertz CT molecular complexity index is 465. The Kier molecular flexibility index (Phi) is 3.18. The maximum absolute atomic E-state index is 11.4. The highest BCUT2D eigenvalue weighted by Crippen LogP contribution is 2.02. The van der Waals surface area contributed by atoms with Gasteiger partial charge in [0.15, 0.2) is 0 Å². The average Bonchev–Trinajstić information content (AvgIpc) is 2.32. The van der Waals surface area contributed by atoms with Crippen LogP contribution in [0, 0.1) is 6.92 Å². The molecule has 5 heteroatoms. The lowest BCUT2D eigenvalue weighted by Gasteiger charge is -2.21. The van der Waals surface area contributed by atoms with Crippen molar-refractivity contribution in [1.29, 1.82) is 0 Å². The van der Waals surface area contributed by atoms with Crippen molar-refractivity contribution in [2.24, 2.45) is 5.10 Å². The van der Waals surface area contributed by atoms with Crippen molar-refractivity contribution in [2.75, 3.05) is 13.1 Å². The van der Waals surface area contributed by atoms with Crippen LogP contribution in [0.1, 0.15) is 11.1 Å². The molecule has 1 saturated heterocycles. The summed E-state index contributed by atoms with van der Waals surface area (Å²) in [6.45, 7) is 2.00. The number of nitrogens with one attached hydrogen (secondary N) is 1. The molecule has 0 bridgehead atoms. The van der Waals surface area contributed by atoms with E-state index in [1.807, 2.05) is 31.2 Å². The molecule has 1 aliphatic heterocycles. The van der Waals surface area contributed by atoms with Crippen LogP contribution in [0.2, 0.25) is 0 Å². The summed E-state index contributed by atoms with van der Waals surface area (Å²) >= 11 is 0. The number of amides is 2. The average molecular weight is 231 g/mol. The zero-order chi connectivity index (χ0) is 12.3. The summed E-state index contributed by atoms with van der Waals surface area (Å²) in [6, 6.07) is 7.75. The third kappa shape index (κ3) is 2.90. The minimum absolute atomic E-state index is 0.0127. The second-order valence-electron chi connectivity index (χ2n) is 3.88. The zero-order valence-electron chi connectivity index (χ0n) is 9.51. The van der Waals surface area contributed by atoms with Gasteiger partial charge in [0.1, 0.15) is 6.54 Å². The minimum Gasteiger partial charge on any atom is -0.345 e. The van der Waals surface area contributed by atoms with Crippen LogP contribution in [0.15, 0.2) is 29.4 Å². The lowest BCUT2D eigenvalue weighted by Crippen LogP contribution is -2.49. The second-order valence-corrected chi connectivity index (χ2v) is 3.88. The van der Waals surface area contributed by atoms with Crippen LogP contribution in [-0.2, 0) is 9.59 Å². The fraction of sp³-hybridized carbons (Fsp3) is 0.250. The van der Waals surface area contributed by atoms with Gasteiger partial charge in [-0.1, -0.05) is 29.8 Å². The van der Waals surface area contributed by atoms with Crippen LogP contribution >= 0.6 is 0 Å². The summed E-state index contributed by atoms with van der Waals surface area (Å²) in [7, 11) is 0. The van der Waals surface area contributed by atoms with Gasteiger partial charge < -0.3 is 5.32 Å². The molecular formula is C12H13N3O2. The Morgan fingerprint density at radius 3 is 2.71 bits per heavy atom. The molecule has 0 unspecified atom stereocenters. The normalized spacial score (nSPS) is 16.4. The molecule has 1 aromatic rings. The molecule has 88 valence electrons. The van der Waals surface area contributed by atoms with Crippen LogP contribution in [0.25, 0.3) is 0 Å². The summed E-state index contributed by atoms with van der Waals surface area (Å²) in [6.07, 6.45) is 1.58. The molecule has 2 amide bonds. The van der Waals surface area contributed by atoms with Crippen molar-refractivity contribution in [2.45, 2.75) is 6.92 Å². The van der Waals surface area contributed by atoms with E-state index in [0.29, 0.717) is 0 Å². The number of aryl methyl sites for hydroxylation is 1. The van der Waals surface area contributed by atoms with Gasteiger partial charge in [0, 0.05) is 0 Å². The van der Waals surface area contributed by atoms with E-state index in [-0.39, 0.29) is 24.9 Å². The first kappa shape index (κ1) is 11.3. The van der Waals surface area contributed by atoms with E-state index in [0.717, 1.165) is 11.1 Å². The lowest BCUT2D eigenvalue weighted by molar-refractivity contribution is -0.140. The molecule has 1 N–H and O–H groups in total. The summed E-state index contributed by atoms with van der Waals surface area (Å²) in [5, 5.41) is 7.66. The van der Waals surface area contributed by atoms with Gasteiger partial charge in [0.2, 0.25) is 5.91 Å². The third-order valence-corrected chi connectivity index (χ3v) is 2.44. The zero-order valence-corrected chi connectivity index (χ0v) is 9.51. The largest absolute Gasteiger partial charge is 0.345 e. The Morgan fingerprint density at radius 1 is 1.29 bits per heavy atom. The lowest BCUT2D eigenvalue weighted by atomic mass is 10.2. The van der Waals surface area contributed by atoms with Crippen molar-refractivity contribution in [3.63, 3.8) is 0 Å². The van der Waals surface area contributed by atoms with E-state index in [1.54, 1.807) is 6.21 Å². The second kappa shape index (κ2) is 4.78. The summed E-state index contributed by atoms with van der Waals surface area (Å²) in [4.78, 5) is 22.5. The molecule has 1 aromatic carbocycles. The summed E-state index contributed by atoms with van der Waals surface area (Å²) in [5.74, 6) is -0.390. The number of hydrogen-bond donors (Lipinski definition) is 1. The number of piperazine rings is 1. The summed E-state index contributed by atoms with van der Waals surface area (Å²) < 4.78 is 0. The van der Waals surface area contributed by atoms with Gasteiger partial charge in [-0.15, -0.1) is 0 Å². The van der Waals surface area contributed by atoms with Gasteiger partial charge in [0.25, 0.3) is 5.91 Å². The van der Waals surface area contributed by atoms with Gasteiger partial charge in [-0.25, -0.2) is 5.01 Å². The molecule has 1 fully saturated rings. The number of hydrogen-bond acceptors (Lipinski definition) is 3. The molecule has 0 saturated carbocycles. The Balaban J connectivity index is 2.06. The topological polar surface area (TPSA) is 61.8 Å². The van der Waals surface area contributed by atoms with Crippen molar-refractivity contribution in [3.05, 3.63) is 35.4 Å². The fourth-order valence-corrected chi connectivity index (χ4v) is 1.44. The van der Waals surface area contributed by atoms with Crippen molar-refractivity contribution in [3.8, 4) is 0 Å². The SMILES string of the molecule is Cc1ccc(C=NN2CC(=O)NCC2=O)cc1. The highest BCUT2D eigenvalue weighted by Gasteiger charge is 2.21. The number of rotatable bonds is 2. The third-order valence-electron chi connectivity index (χ3n) is 2.44. The van der Waals surface area contributed by atoms with E-state index in [4.69, 9.17) is 0 Å². The predicted molar refractivity (Wildman–Crippen MR) is 63.5 cm³/mol. The smallest absolute Gasteiger partial charge is 0.262 e. The maximum Gasteiger partial charge on any atom is 0.262 e. The maximum atomic E-state index is 11.4. The fourth-order valence-electron chi connectivity index (χ4n) is 1.44. The molecule has 1 aliphatic rings. The van der Waals surface area contributed by atoms with Crippen LogP contribution in [-0.4, -0.2) is 36.1 Å². The Hall–Kier alpha value is -2.17. The van der Waals surface area contributed by atoms with Gasteiger partial charge in [-0.3, -0.25) is 9.59 Å². The van der Waals surface area contributed by atoms with Crippen molar-refractivity contribution < 1.29 is 9.59 Å². The molecule has 17 heavy (non-hydrogen) atoms. The van der Waals surface area contributed by atoms with Crippen molar-refractivity contribution in [1.82, 2.24) is 10.3 Å². The van der Waals surface area contributed by atoms with Crippen LogP contribution in [0.3, 0.4) is 0 Å². The Morgan fingerprint density at radius 2 is 2.00 bits per heavy atom. The van der Waals surface area contributed by atoms with E-state index >= 15 is 0 Å². The van der Waals surface area contributed by atoms with Gasteiger partial charge >= 0.3 is 0 Å². The van der Waals surface area contributed by atoms with Crippen LogP contribution < -0.4 is 5.32 Å². The number of nitrogens with zero attached hydrogens (tertiary/aromatic N) is 2. The first-order valence-electron chi connectivity index (χ1n) is 5.33. The van der Waals surface area contributed by atoms with E-state index in [9.17, 15) is 9.59 Å². The van der Waals surface area contributed by atoms with E-state index in [1.165, 1.54) is 5.01 Å². The predicted octanol–water partition coefficient (Wildman–Crippen LogP) is 0.287. The summed E-state index contributed by atoms with van der Waals surface area (Å²) in [5.41, 5.74) is 2.06. The van der Waals surface area contributed by atoms with Gasteiger partial charge in [-0.05, 0) is 12.5 Å². The molecule has 2 rings (SSSR count). The Labute approximate surface area is 99.1 Å². The molecule has 0 spiro atoms. The molecule has 0 aliphatic carbocycles. The number of hydrazone groups is 1. The first-order chi connectivity index (χ1) is 8.15. The number of benzene rings is 1. The number of carbonyl (C=O) groups excluding carboxylic acids is 2. The van der Waals surface area contributed by atoms with Gasteiger partial charge in [0.05, 0.1) is 12.8 Å². The monoisotopic (exact) mass is 231 g/mol. The molecule has 1 heterocycles. The van der Waals surface area contributed by atoms with Crippen molar-refractivity contribution >= 4 is 18.0 Å². The highest BCUT2D eigenvalue weighted by molar-refractivity contribution is 5.93. The molecule has 0 radical (unpaired) electrons. The minimum atomic E-state index is -0.201. The molecule has 0 aromatic heterocycles.